The fraction of sp³-hybridized carbons (Fsp3) is 0.500. The lowest BCUT2D eigenvalue weighted by Gasteiger charge is -2.12. The molecule has 110 valence electrons. The summed E-state index contributed by atoms with van der Waals surface area (Å²) >= 11 is 0. The molecular weight excluding hydrogens is 260 g/mol. The third kappa shape index (κ3) is 4.11. The van der Waals surface area contributed by atoms with Gasteiger partial charge in [0.05, 0.1) is 25.5 Å². The molecule has 3 N–H and O–H groups in total. The van der Waals surface area contributed by atoms with Crippen molar-refractivity contribution in [3.63, 3.8) is 0 Å². The maximum absolute atomic E-state index is 11.8. The Hall–Kier alpha value is -1.79. The van der Waals surface area contributed by atoms with Crippen molar-refractivity contribution < 1.29 is 19.0 Å². The molecule has 0 aromatic heterocycles. The zero-order valence-electron chi connectivity index (χ0n) is 11.6. The summed E-state index contributed by atoms with van der Waals surface area (Å²) in [6.07, 6.45) is 2.17. The summed E-state index contributed by atoms with van der Waals surface area (Å²) < 4.78 is 15.9. The molecule has 0 spiro atoms. The minimum absolute atomic E-state index is 0.00656. The highest BCUT2D eigenvalue weighted by atomic mass is 16.5. The number of nitrogens with one attached hydrogen (secondary N) is 1. The number of nitrogen functional groups attached to an aromatic ring is 1. The Bertz CT molecular complexity index is 458. The van der Waals surface area contributed by atoms with Crippen LogP contribution >= 0.6 is 0 Å². The molecule has 1 aromatic carbocycles. The topological polar surface area (TPSA) is 82.8 Å². The highest BCUT2D eigenvalue weighted by molar-refractivity contribution is 5.93. The van der Waals surface area contributed by atoms with Crippen LogP contribution in [0.5, 0.6) is 5.75 Å². The van der Waals surface area contributed by atoms with E-state index < -0.39 is 0 Å². The van der Waals surface area contributed by atoms with Crippen molar-refractivity contribution in [1.29, 1.82) is 0 Å². The van der Waals surface area contributed by atoms with Crippen LogP contribution in [-0.2, 0) is 14.3 Å². The predicted molar refractivity (Wildman–Crippen MR) is 75.8 cm³/mol. The molecule has 1 aromatic rings. The third-order valence-corrected chi connectivity index (χ3v) is 3.06. The lowest BCUT2D eigenvalue weighted by molar-refractivity contribution is -0.121. The lowest BCUT2D eigenvalue weighted by Crippen LogP contribution is -2.22. The summed E-state index contributed by atoms with van der Waals surface area (Å²) in [7, 11) is 1.53. The SMILES string of the molecule is COc1cc(N)ccc1NC(=O)COCC1CCCO1. The smallest absolute Gasteiger partial charge is 0.250 e. The van der Waals surface area contributed by atoms with E-state index in [0.29, 0.717) is 23.7 Å². The van der Waals surface area contributed by atoms with Gasteiger partial charge in [-0.25, -0.2) is 0 Å². The van der Waals surface area contributed by atoms with Gasteiger partial charge in [-0.3, -0.25) is 4.79 Å². The summed E-state index contributed by atoms with van der Waals surface area (Å²) in [5.74, 6) is 0.295. The van der Waals surface area contributed by atoms with E-state index in [-0.39, 0.29) is 18.6 Å². The highest BCUT2D eigenvalue weighted by Crippen LogP contribution is 2.26. The van der Waals surface area contributed by atoms with Crippen LogP contribution < -0.4 is 15.8 Å². The van der Waals surface area contributed by atoms with Crippen LogP contribution in [-0.4, -0.2) is 38.9 Å². The average molecular weight is 280 g/mol. The van der Waals surface area contributed by atoms with Crippen LogP contribution in [0, 0.1) is 0 Å². The maximum atomic E-state index is 11.8. The number of carbonyl (C=O) groups excluding carboxylic acids is 1. The van der Waals surface area contributed by atoms with E-state index in [1.807, 2.05) is 0 Å². The molecule has 1 unspecified atom stereocenters. The van der Waals surface area contributed by atoms with E-state index in [0.717, 1.165) is 19.4 Å². The van der Waals surface area contributed by atoms with Crippen LogP contribution in [0.3, 0.4) is 0 Å². The molecule has 0 radical (unpaired) electrons. The van der Waals surface area contributed by atoms with E-state index in [1.165, 1.54) is 7.11 Å². The molecule has 1 aliphatic heterocycles. The van der Waals surface area contributed by atoms with E-state index in [2.05, 4.69) is 5.32 Å². The van der Waals surface area contributed by atoms with Gasteiger partial charge in [0.1, 0.15) is 12.4 Å². The molecule has 20 heavy (non-hydrogen) atoms. The summed E-state index contributed by atoms with van der Waals surface area (Å²) in [5.41, 5.74) is 6.81. The van der Waals surface area contributed by atoms with Crippen molar-refractivity contribution in [1.82, 2.24) is 0 Å². The largest absolute Gasteiger partial charge is 0.494 e. The van der Waals surface area contributed by atoms with Crippen LogP contribution in [0.4, 0.5) is 11.4 Å². The molecule has 6 nitrogen and oxygen atoms in total. The number of carbonyl (C=O) groups is 1. The van der Waals surface area contributed by atoms with Crippen LogP contribution in [0.25, 0.3) is 0 Å². The first kappa shape index (κ1) is 14.6. The van der Waals surface area contributed by atoms with Gasteiger partial charge in [-0.1, -0.05) is 0 Å². The third-order valence-electron chi connectivity index (χ3n) is 3.06. The average Bonchev–Trinajstić information content (AvgIpc) is 2.94. The molecule has 6 heteroatoms. The van der Waals surface area contributed by atoms with Gasteiger partial charge in [-0.05, 0) is 25.0 Å². The minimum atomic E-state index is -0.230. The lowest BCUT2D eigenvalue weighted by atomic mass is 10.2. The van der Waals surface area contributed by atoms with Gasteiger partial charge in [-0.15, -0.1) is 0 Å². The molecule has 1 amide bonds. The van der Waals surface area contributed by atoms with Gasteiger partial charge >= 0.3 is 0 Å². The van der Waals surface area contributed by atoms with Crippen molar-refractivity contribution in [2.75, 3.05) is 38.0 Å². The summed E-state index contributed by atoms with van der Waals surface area (Å²) in [5, 5.41) is 2.73. The van der Waals surface area contributed by atoms with Gasteiger partial charge in [-0.2, -0.15) is 0 Å². The van der Waals surface area contributed by atoms with Crippen LogP contribution in [0.15, 0.2) is 18.2 Å². The van der Waals surface area contributed by atoms with Gasteiger partial charge in [0.15, 0.2) is 0 Å². The molecule has 1 heterocycles. The Morgan fingerprint density at radius 1 is 1.55 bits per heavy atom. The molecular formula is C14H20N2O4. The number of nitrogens with two attached hydrogens (primary N) is 1. The Balaban J connectivity index is 1.78. The fourth-order valence-corrected chi connectivity index (χ4v) is 2.06. The second kappa shape index (κ2) is 7.12. The van der Waals surface area contributed by atoms with Crippen molar-refractivity contribution >= 4 is 17.3 Å². The zero-order valence-corrected chi connectivity index (χ0v) is 11.6. The number of rotatable bonds is 6. The Morgan fingerprint density at radius 3 is 3.10 bits per heavy atom. The van der Waals surface area contributed by atoms with Crippen molar-refractivity contribution in [2.24, 2.45) is 0 Å². The molecule has 1 atom stereocenters. The Morgan fingerprint density at radius 2 is 2.40 bits per heavy atom. The molecule has 0 aliphatic carbocycles. The summed E-state index contributed by atoms with van der Waals surface area (Å²) in [6.45, 7) is 1.22. The van der Waals surface area contributed by atoms with Crippen LogP contribution in [0.2, 0.25) is 0 Å². The predicted octanol–water partition coefficient (Wildman–Crippen LogP) is 1.41. The second-order valence-electron chi connectivity index (χ2n) is 4.66. The zero-order chi connectivity index (χ0) is 14.4. The van der Waals surface area contributed by atoms with Gasteiger partial charge in [0.2, 0.25) is 5.91 Å². The van der Waals surface area contributed by atoms with Crippen molar-refractivity contribution in [3.8, 4) is 5.75 Å². The molecule has 0 bridgehead atoms. The first-order valence-electron chi connectivity index (χ1n) is 6.61. The number of anilines is 2. The summed E-state index contributed by atoms with van der Waals surface area (Å²) in [6, 6.07) is 5.06. The molecule has 1 aliphatic rings. The number of hydrogen-bond acceptors (Lipinski definition) is 5. The van der Waals surface area contributed by atoms with E-state index in [1.54, 1.807) is 18.2 Å². The number of amides is 1. The Kier molecular flexibility index (Phi) is 5.20. The molecule has 0 saturated carbocycles. The first-order chi connectivity index (χ1) is 9.69. The van der Waals surface area contributed by atoms with Crippen molar-refractivity contribution in [3.05, 3.63) is 18.2 Å². The quantitative estimate of drug-likeness (QED) is 0.770. The number of ether oxygens (including phenoxy) is 3. The van der Waals surface area contributed by atoms with E-state index >= 15 is 0 Å². The van der Waals surface area contributed by atoms with E-state index in [9.17, 15) is 4.79 Å². The monoisotopic (exact) mass is 280 g/mol. The van der Waals surface area contributed by atoms with Gasteiger partial charge in [0, 0.05) is 18.4 Å². The Labute approximate surface area is 118 Å². The minimum Gasteiger partial charge on any atom is -0.494 e. The second-order valence-corrected chi connectivity index (χ2v) is 4.66. The van der Waals surface area contributed by atoms with Gasteiger partial charge in [0.25, 0.3) is 0 Å². The number of methoxy groups -OCH3 is 1. The number of hydrogen-bond donors (Lipinski definition) is 2. The molecule has 1 fully saturated rings. The normalized spacial score (nSPS) is 17.9. The van der Waals surface area contributed by atoms with Crippen molar-refractivity contribution in [2.45, 2.75) is 18.9 Å². The van der Waals surface area contributed by atoms with E-state index in [4.69, 9.17) is 19.9 Å². The van der Waals surface area contributed by atoms with Crippen LogP contribution in [0.1, 0.15) is 12.8 Å². The molecule has 1 saturated heterocycles. The fourth-order valence-electron chi connectivity index (χ4n) is 2.06. The standard InChI is InChI=1S/C14H20N2O4/c1-18-13-7-10(15)4-5-12(13)16-14(17)9-19-8-11-3-2-6-20-11/h4-5,7,11H,2-3,6,8-9,15H2,1H3,(H,16,17). The number of benzene rings is 1. The maximum Gasteiger partial charge on any atom is 0.250 e. The highest BCUT2D eigenvalue weighted by Gasteiger charge is 2.16. The van der Waals surface area contributed by atoms with Gasteiger partial charge < -0.3 is 25.3 Å². The summed E-state index contributed by atoms with van der Waals surface area (Å²) in [4.78, 5) is 11.8. The molecule has 2 rings (SSSR count). The first-order valence-corrected chi connectivity index (χ1v) is 6.61.